The summed E-state index contributed by atoms with van der Waals surface area (Å²) >= 11 is 0. The standard InChI is InChI=1S/C7H6O3.C6H6O3S/c8-6-4-2-1-3-5(6)7(9)10;7-10(8,9)6-4-2-1-3-5-6/h1-4,8H,(H,9,10);1-5H,(H,7,8,9). The first kappa shape index (κ1) is 15.7. The number of carboxylic acids is 1. The van der Waals surface area contributed by atoms with Crippen molar-refractivity contribution in [1.29, 1.82) is 0 Å². The minimum atomic E-state index is -4.00. The van der Waals surface area contributed by atoms with Crippen LogP contribution in [0.4, 0.5) is 0 Å². The predicted octanol–water partition coefficient (Wildman–Crippen LogP) is 2.02. The molecule has 0 spiro atoms. The van der Waals surface area contributed by atoms with Crippen LogP contribution in [0, 0.1) is 0 Å². The monoisotopic (exact) mass is 296 g/mol. The third-order valence-corrected chi connectivity index (χ3v) is 3.04. The molecule has 0 amide bonds. The van der Waals surface area contributed by atoms with Gasteiger partial charge in [0.25, 0.3) is 10.1 Å². The predicted molar refractivity (Wildman–Crippen MR) is 71.3 cm³/mol. The largest absolute Gasteiger partial charge is 0.507 e. The van der Waals surface area contributed by atoms with Crippen LogP contribution in [0.3, 0.4) is 0 Å². The fourth-order valence-electron chi connectivity index (χ4n) is 1.25. The van der Waals surface area contributed by atoms with Gasteiger partial charge in [-0.15, -0.1) is 0 Å². The summed E-state index contributed by atoms with van der Waals surface area (Å²) in [6.07, 6.45) is 0. The average molecular weight is 296 g/mol. The number of phenols is 1. The van der Waals surface area contributed by atoms with E-state index in [1.165, 1.54) is 24.3 Å². The molecule has 2 aromatic carbocycles. The smallest absolute Gasteiger partial charge is 0.339 e. The SMILES string of the molecule is O=C(O)c1ccccc1O.O=S(=O)(O)c1ccccc1. The zero-order valence-corrected chi connectivity index (χ0v) is 11.0. The second kappa shape index (κ2) is 6.69. The van der Waals surface area contributed by atoms with Gasteiger partial charge in [0.15, 0.2) is 0 Å². The van der Waals surface area contributed by atoms with Crippen molar-refractivity contribution in [3.8, 4) is 5.75 Å². The summed E-state index contributed by atoms with van der Waals surface area (Å²) in [5.41, 5.74) is -0.0671. The molecule has 0 aliphatic rings. The number of hydrogen-bond donors (Lipinski definition) is 3. The molecule has 0 unspecified atom stereocenters. The molecule has 0 aromatic heterocycles. The van der Waals surface area contributed by atoms with Crippen LogP contribution in [-0.4, -0.2) is 29.2 Å². The Morgan fingerprint density at radius 3 is 1.75 bits per heavy atom. The summed E-state index contributed by atoms with van der Waals surface area (Å²) in [5, 5.41) is 17.3. The lowest BCUT2D eigenvalue weighted by Gasteiger charge is -1.95. The number of aromatic carboxylic acids is 1. The molecule has 2 rings (SSSR count). The second-order valence-electron chi connectivity index (χ2n) is 3.61. The molecule has 20 heavy (non-hydrogen) atoms. The lowest BCUT2D eigenvalue weighted by molar-refractivity contribution is 0.0693. The van der Waals surface area contributed by atoms with E-state index in [1.54, 1.807) is 30.3 Å². The molecule has 0 bridgehead atoms. The van der Waals surface area contributed by atoms with E-state index in [1.807, 2.05) is 0 Å². The molecule has 0 aliphatic heterocycles. The molecule has 106 valence electrons. The summed E-state index contributed by atoms with van der Waals surface area (Å²) in [5.74, 6) is -1.31. The Labute approximate surface area is 115 Å². The van der Waals surface area contributed by atoms with Crippen LogP contribution in [0.15, 0.2) is 59.5 Å². The van der Waals surface area contributed by atoms with Crippen molar-refractivity contribution < 1.29 is 28.0 Å². The van der Waals surface area contributed by atoms with E-state index in [2.05, 4.69) is 0 Å². The van der Waals surface area contributed by atoms with E-state index >= 15 is 0 Å². The molecular weight excluding hydrogens is 284 g/mol. The maximum Gasteiger partial charge on any atom is 0.339 e. The van der Waals surface area contributed by atoms with E-state index in [-0.39, 0.29) is 16.2 Å². The van der Waals surface area contributed by atoms with Crippen molar-refractivity contribution in [3.05, 3.63) is 60.2 Å². The summed E-state index contributed by atoms with van der Waals surface area (Å²) in [6.45, 7) is 0. The Morgan fingerprint density at radius 1 is 0.900 bits per heavy atom. The van der Waals surface area contributed by atoms with Crippen molar-refractivity contribution in [2.45, 2.75) is 4.90 Å². The van der Waals surface area contributed by atoms with E-state index < -0.39 is 16.1 Å². The maximum absolute atomic E-state index is 10.4. The van der Waals surface area contributed by atoms with Gasteiger partial charge in [-0.25, -0.2) is 4.79 Å². The first-order valence-corrected chi connectivity index (χ1v) is 6.80. The van der Waals surface area contributed by atoms with Gasteiger partial charge < -0.3 is 10.2 Å². The van der Waals surface area contributed by atoms with Gasteiger partial charge in [-0.05, 0) is 24.3 Å². The summed E-state index contributed by atoms with van der Waals surface area (Å²) < 4.78 is 29.2. The molecule has 6 nitrogen and oxygen atoms in total. The Hall–Kier alpha value is -2.38. The van der Waals surface area contributed by atoms with Crippen molar-refractivity contribution >= 4 is 16.1 Å². The van der Waals surface area contributed by atoms with E-state index in [0.29, 0.717) is 0 Å². The maximum atomic E-state index is 10.4. The number of aromatic hydroxyl groups is 1. The molecule has 7 heteroatoms. The van der Waals surface area contributed by atoms with Gasteiger partial charge in [0.1, 0.15) is 11.3 Å². The molecule has 2 aromatic rings. The molecule has 0 fully saturated rings. The van der Waals surface area contributed by atoms with Crippen LogP contribution in [0.2, 0.25) is 0 Å². The van der Waals surface area contributed by atoms with Crippen LogP contribution < -0.4 is 0 Å². The Morgan fingerprint density at radius 2 is 1.40 bits per heavy atom. The fourth-order valence-corrected chi connectivity index (χ4v) is 1.75. The van der Waals surface area contributed by atoms with Gasteiger partial charge in [-0.1, -0.05) is 30.3 Å². The molecule has 0 atom stereocenters. The number of carboxylic acid groups (broad SMARTS) is 1. The third kappa shape index (κ3) is 4.71. The average Bonchev–Trinajstić information content (AvgIpc) is 2.40. The highest BCUT2D eigenvalue weighted by molar-refractivity contribution is 7.85. The van der Waals surface area contributed by atoms with E-state index in [9.17, 15) is 13.2 Å². The van der Waals surface area contributed by atoms with Gasteiger partial charge in [0, 0.05) is 0 Å². The van der Waals surface area contributed by atoms with Gasteiger partial charge in [0.05, 0.1) is 4.90 Å². The summed E-state index contributed by atoms with van der Waals surface area (Å²) in [4.78, 5) is 10.2. The molecule has 3 N–H and O–H groups in total. The summed E-state index contributed by atoms with van der Waals surface area (Å²) in [7, 11) is -4.00. The van der Waals surface area contributed by atoms with Crippen LogP contribution >= 0.6 is 0 Å². The normalized spacial score (nSPS) is 10.2. The van der Waals surface area contributed by atoms with Crippen LogP contribution in [0.5, 0.6) is 5.75 Å². The number of carbonyl (C=O) groups is 1. The lowest BCUT2D eigenvalue weighted by Crippen LogP contribution is -1.96. The van der Waals surface area contributed by atoms with Crippen LogP contribution in [0.1, 0.15) is 10.4 Å². The summed E-state index contributed by atoms with van der Waals surface area (Å²) in [6, 6.07) is 13.2. The lowest BCUT2D eigenvalue weighted by atomic mass is 10.2. The molecule has 0 heterocycles. The Bertz CT molecular complexity index is 679. The fraction of sp³-hybridized carbons (Fsp3) is 0. The highest BCUT2D eigenvalue weighted by Crippen LogP contribution is 2.14. The number of benzene rings is 2. The molecule has 0 radical (unpaired) electrons. The minimum absolute atomic E-state index is 0.0671. The first-order chi connectivity index (χ1) is 9.32. The number of para-hydroxylation sites is 1. The van der Waals surface area contributed by atoms with E-state index in [0.717, 1.165) is 0 Å². The van der Waals surface area contributed by atoms with Crippen molar-refractivity contribution in [2.75, 3.05) is 0 Å². The zero-order chi connectivity index (χ0) is 15.2. The van der Waals surface area contributed by atoms with Gasteiger partial charge in [-0.3, -0.25) is 4.55 Å². The molecule has 0 saturated heterocycles. The highest BCUT2D eigenvalue weighted by atomic mass is 32.2. The third-order valence-electron chi connectivity index (χ3n) is 2.18. The quantitative estimate of drug-likeness (QED) is 0.731. The van der Waals surface area contributed by atoms with Crippen molar-refractivity contribution in [1.82, 2.24) is 0 Å². The zero-order valence-electron chi connectivity index (χ0n) is 10.2. The molecule has 0 aliphatic carbocycles. The Balaban J connectivity index is 0.000000200. The highest BCUT2D eigenvalue weighted by Gasteiger charge is 2.06. The van der Waals surface area contributed by atoms with Gasteiger partial charge in [0.2, 0.25) is 0 Å². The second-order valence-corrected chi connectivity index (χ2v) is 5.03. The van der Waals surface area contributed by atoms with Crippen LogP contribution in [-0.2, 0) is 10.1 Å². The molecular formula is C13H12O6S. The number of hydrogen-bond acceptors (Lipinski definition) is 4. The minimum Gasteiger partial charge on any atom is -0.507 e. The van der Waals surface area contributed by atoms with Crippen molar-refractivity contribution in [3.63, 3.8) is 0 Å². The topological polar surface area (TPSA) is 112 Å². The van der Waals surface area contributed by atoms with Gasteiger partial charge >= 0.3 is 5.97 Å². The van der Waals surface area contributed by atoms with Crippen molar-refractivity contribution in [2.24, 2.45) is 0 Å². The van der Waals surface area contributed by atoms with Crippen LogP contribution in [0.25, 0.3) is 0 Å². The number of rotatable bonds is 2. The Kier molecular flexibility index (Phi) is 5.24. The molecule has 0 saturated carbocycles. The first-order valence-electron chi connectivity index (χ1n) is 5.36. The van der Waals surface area contributed by atoms with E-state index in [4.69, 9.17) is 14.8 Å². The van der Waals surface area contributed by atoms with Gasteiger partial charge in [-0.2, -0.15) is 8.42 Å².